The third-order valence-corrected chi connectivity index (χ3v) is 6.79. The van der Waals surface area contributed by atoms with Crippen LogP contribution in [0.25, 0.3) is 5.52 Å². The molecular formula is C23H35N5O3. The molecule has 0 bridgehead atoms. The standard InChI is InChI=1S/C23H35N5O3/c1-15(14-31-3)25-23-24-12-22-20(18-5-4-10-27(13-18)16(2)29)11-21(28(22)26-23)17-6-8-19(30)9-7-17/h11-12,15,17-19,30H,4-10,13-14H2,1-3H3,(H,25,26)/t15-,17?,18-,19?/m0/s1. The van der Waals surface area contributed by atoms with E-state index in [0.717, 1.165) is 57.1 Å². The number of methoxy groups -OCH3 is 1. The molecule has 1 amide bonds. The molecule has 0 radical (unpaired) electrons. The molecule has 8 nitrogen and oxygen atoms in total. The molecule has 1 saturated heterocycles. The van der Waals surface area contributed by atoms with Gasteiger partial charge >= 0.3 is 0 Å². The first-order valence-electron chi connectivity index (χ1n) is 11.5. The normalized spacial score (nSPS) is 25.5. The first kappa shape index (κ1) is 22.0. The number of aliphatic hydroxyl groups is 1. The first-order chi connectivity index (χ1) is 15.0. The topological polar surface area (TPSA) is 92.0 Å². The van der Waals surface area contributed by atoms with Gasteiger partial charge in [-0.1, -0.05) is 0 Å². The summed E-state index contributed by atoms with van der Waals surface area (Å²) in [7, 11) is 1.69. The summed E-state index contributed by atoms with van der Waals surface area (Å²) in [5, 5.41) is 18.2. The Morgan fingerprint density at radius 2 is 2.06 bits per heavy atom. The van der Waals surface area contributed by atoms with E-state index < -0.39 is 0 Å². The lowest BCUT2D eigenvalue weighted by atomic mass is 9.84. The van der Waals surface area contributed by atoms with Gasteiger partial charge in [0, 0.05) is 50.7 Å². The van der Waals surface area contributed by atoms with Gasteiger partial charge in [0.2, 0.25) is 11.9 Å². The molecule has 2 aromatic rings. The van der Waals surface area contributed by atoms with Crippen LogP contribution < -0.4 is 5.32 Å². The van der Waals surface area contributed by atoms with Gasteiger partial charge in [-0.25, -0.2) is 9.50 Å². The molecule has 3 heterocycles. The number of ether oxygens (including phenoxy) is 1. The molecule has 4 rings (SSSR count). The average molecular weight is 430 g/mol. The van der Waals surface area contributed by atoms with Crippen LogP contribution in [-0.2, 0) is 9.53 Å². The molecule has 2 atom stereocenters. The van der Waals surface area contributed by atoms with E-state index >= 15 is 0 Å². The Bertz CT molecular complexity index is 906. The van der Waals surface area contributed by atoms with E-state index in [1.54, 1.807) is 14.0 Å². The van der Waals surface area contributed by atoms with Crippen LogP contribution in [0.5, 0.6) is 0 Å². The maximum atomic E-state index is 12.0. The number of fused-ring (bicyclic) bond motifs is 1. The highest BCUT2D eigenvalue weighted by Crippen LogP contribution is 2.38. The molecule has 1 saturated carbocycles. The molecule has 2 N–H and O–H groups in total. The number of carbonyl (C=O) groups is 1. The van der Waals surface area contributed by atoms with Crippen LogP contribution in [0.2, 0.25) is 0 Å². The average Bonchev–Trinajstić information content (AvgIpc) is 3.13. The number of carbonyl (C=O) groups excluding carboxylic acids is 1. The van der Waals surface area contributed by atoms with Crippen molar-refractivity contribution in [1.82, 2.24) is 19.5 Å². The molecule has 1 aliphatic carbocycles. The molecule has 8 heteroatoms. The maximum absolute atomic E-state index is 12.0. The minimum Gasteiger partial charge on any atom is -0.393 e. The largest absolute Gasteiger partial charge is 0.393 e. The van der Waals surface area contributed by atoms with Gasteiger partial charge < -0.3 is 20.1 Å². The molecular weight excluding hydrogens is 394 g/mol. The summed E-state index contributed by atoms with van der Waals surface area (Å²) in [6, 6.07) is 2.40. The second-order valence-corrected chi connectivity index (χ2v) is 9.21. The predicted molar refractivity (Wildman–Crippen MR) is 119 cm³/mol. The van der Waals surface area contributed by atoms with Crippen molar-refractivity contribution in [3.05, 3.63) is 23.5 Å². The number of piperidine rings is 1. The highest BCUT2D eigenvalue weighted by molar-refractivity contribution is 5.73. The zero-order valence-electron chi connectivity index (χ0n) is 18.9. The summed E-state index contributed by atoms with van der Waals surface area (Å²) >= 11 is 0. The second kappa shape index (κ2) is 9.53. The van der Waals surface area contributed by atoms with Crippen molar-refractivity contribution in [3.63, 3.8) is 0 Å². The number of nitrogens with zero attached hydrogens (tertiary/aromatic N) is 4. The van der Waals surface area contributed by atoms with Crippen molar-refractivity contribution in [2.45, 2.75) is 76.4 Å². The fraction of sp³-hybridized carbons (Fsp3) is 0.696. The van der Waals surface area contributed by atoms with Crippen molar-refractivity contribution in [2.24, 2.45) is 0 Å². The lowest BCUT2D eigenvalue weighted by molar-refractivity contribution is -0.130. The number of aliphatic hydroxyl groups excluding tert-OH is 1. The Kier molecular flexibility index (Phi) is 6.77. The van der Waals surface area contributed by atoms with E-state index in [9.17, 15) is 9.90 Å². The van der Waals surface area contributed by atoms with Crippen molar-refractivity contribution in [1.29, 1.82) is 0 Å². The van der Waals surface area contributed by atoms with Crippen LogP contribution in [-0.4, -0.2) is 69.5 Å². The van der Waals surface area contributed by atoms with Crippen LogP contribution in [0.15, 0.2) is 12.3 Å². The molecule has 2 fully saturated rings. The minimum atomic E-state index is -0.189. The van der Waals surface area contributed by atoms with E-state index in [1.807, 2.05) is 18.0 Å². The lowest BCUT2D eigenvalue weighted by Crippen LogP contribution is -2.37. The zero-order chi connectivity index (χ0) is 22.0. The number of rotatable bonds is 6. The SMILES string of the molecule is COC[C@H](C)Nc1ncc2c([C@H]3CCCN(C(C)=O)C3)cc(C3CCC(O)CC3)n2n1. The summed E-state index contributed by atoms with van der Waals surface area (Å²) in [5.74, 6) is 1.40. The third-order valence-electron chi connectivity index (χ3n) is 6.79. The number of aromatic nitrogens is 3. The van der Waals surface area contributed by atoms with E-state index in [2.05, 4.69) is 20.9 Å². The lowest BCUT2D eigenvalue weighted by Gasteiger charge is -2.32. The predicted octanol–water partition coefficient (Wildman–Crippen LogP) is 2.92. The summed E-state index contributed by atoms with van der Waals surface area (Å²) in [6.45, 7) is 5.87. The summed E-state index contributed by atoms with van der Waals surface area (Å²) < 4.78 is 7.28. The molecule has 31 heavy (non-hydrogen) atoms. The van der Waals surface area contributed by atoms with Gasteiger partial charge in [0.25, 0.3) is 0 Å². The maximum Gasteiger partial charge on any atom is 0.241 e. The van der Waals surface area contributed by atoms with E-state index in [1.165, 1.54) is 11.3 Å². The molecule has 0 aromatic carbocycles. The number of amides is 1. The van der Waals surface area contributed by atoms with E-state index in [4.69, 9.17) is 9.84 Å². The van der Waals surface area contributed by atoms with Crippen LogP contribution in [0.1, 0.15) is 75.5 Å². The van der Waals surface area contributed by atoms with Gasteiger partial charge in [0.15, 0.2) is 0 Å². The monoisotopic (exact) mass is 429 g/mol. The number of anilines is 1. The zero-order valence-corrected chi connectivity index (χ0v) is 18.9. The number of likely N-dealkylation sites (tertiary alicyclic amines) is 1. The fourth-order valence-corrected chi connectivity index (χ4v) is 5.12. The molecule has 170 valence electrons. The molecule has 2 aromatic heterocycles. The fourth-order valence-electron chi connectivity index (χ4n) is 5.12. The number of hydrogen-bond donors (Lipinski definition) is 2. The highest BCUT2D eigenvalue weighted by atomic mass is 16.5. The summed E-state index contributed by atoms with van der Waals surface area (Å²) in [5.41, 5.74) is 3.46. The quantitative estimate of drug-likeness (QED) is 0.734. The Morgan fingerprint density at radius 3 is 2.77 bits per heavy atom. The molecule has 0 unspecified atom stereocenters. The Labute approximate surface area is 184 Å². The van der Waals surface area contributed by atoms with Crippen LogP contribution in [0.3, 0.4) is 0 Å². The highest BCUT2D eigenvalue weighted by Gasteiger charge is 2.30. The first-order valence-corrected chi connectivity index (χ1v) is 11.5. The Morgan fingerprint density at radius 1 is 1.29 bits per heavy atom. The van der Waals surface area contributed by atoms with Crippen LogP contribution in [0.4, 0.5) is 5.95 Å². The Hall–Kier alpha value is -2.19. The van der Waals surface area contributed by atoms with Crippen molar-refractivity contribution >= 4 is 17.4 Å². The van der Waals surface area contributed by atoms with Crippen LogP contribution >= 0.6 is 0 Å². The van der Waals surface area contributed by atoms with Gasteiger partial charge in [-0.2, -0.15) is 0 Å². The number of nitrogens with one attached hydrogen (secondary N) is 1. The van der Waals surface area contributed by atoms with Gasteiger partial charge in [-0.05, 0) is 57.1 Å². The number of hydrogen-bond acceptors (Lipinski definition) is 6. The van der Waals surface area contributed by atoms with Crippen molar-refractivity contribution < 1.29 is 14.6 Å². The smallest absolute Gasteiger partial charge is 0.241 e. The van der Waals surface area contributed by atoms with E-state index in [0.29, 0.717) is 24.4 Å². The van der Waals surface area contributed by atoms with Gasteiger partial charge in [-0.15, -0.1) is 5.10 Å². The third kappa shape index (κ3) is 4.85. The van der Waals surface area contributed by atoms with Crippen molar-refractivity contribution in [2.75, 3.05) is 32.1 Å². The molecule has 0 spiro atoms. The van der Waals surface area contributed by atoms with Gasteiger partial charge in [-0.3, -0.25) is 4.79 Å². The van der Waals surface area contributed by atoms with Crippen LogP contribution in [0, 0.1) is 0 Å². The van der Waals surface area contributed by atoms with E-state index in [-0.39, 0.29) is 18.1 Å². The summed E-state index contributed by atoms with van der Waals surface area (Å²) in [4.78, 5) is 18.5. The van der Waals surface area contributed by atoms with Gasteiger partial charge in [0.1, 0.15) is 0 Å². The van der Waals surface area contributed by atoms with Crippen molar-refractivity contribution in [3.8, 4) is 0 Å². The second-order valence-electron chi connectivity index (χ2n) is 9.21. The van der Waals surface area contributed by atoms with Gasteiger partial charge in [0.05, 0.1) is 24.4 Å². The minimum absolute atomic E-state index is 0.105. The molecule has 2 aliphatic rings. The summed E-state index contributed by atoms with van der Waals surface area (Å²) in [6.07, 6.45) is 7.39. The molecule has 1 aliphatic heterocycles. The Balaban J connectivity index is 1.70.